The summed E-state index contributed by atoms with van der Waals surface area (Å²) >= 11 is 0. The van der Waals surface area contributed by atoms with Crippen LogP contribution in [-0.2, 0) is 62.2 Å². The van der Waals surface area contributed by atoms with Gasteiger partial charge in [0.1, 0.15) is 6.61 Å². The Hall–Kier alpha value is -6.41. The largest absolute Gasteiger partial charge is 0.481 e. The number of carboxylic acid groups (broad SMARTS) is 3. The highest BCUT2D eigenvalue weighted by Gasteiger charge is 2.53. The molecule has 90 heavy (non-hydrogen) atoms. The van der Waals surface area contributed by atoms with Gasteiger partial charge in [0.05, 0.1) is 72.3 Å². The molecule has 1 aromatic carbocycles. The lowest BCUT2D eigenvalue weighted by atomic mass is 9.63. The maximum Gasteiger partial charge on any atom is 0.317 e. The van der Waals surface area contributed by atoms with Crippen LogP contribution in [0, 0.1) is 86.3 Å². The van der Waals surface area contributed by atoms with Crippen molar-refractivity contribution in [3.05, 3.63) is 29.8 Å². The molecule has 10 atom stereocenters. The number of aliphatic carboxylic acids is 3. The van der Waals surface area contributed by atoms with Crippen molar-refractivity contribution in [1.29, 1.82) is 0 Å². The first kappa shape index (κ1) is 77.8. The zero-order valence-electron chi connectivity index (χ0n) is 57.2. The van der Waals surface area contributed by atoms with E-state index in [1.165, 1.54) is 4.90 Å². The Morgan fingerprint density at radius 3 is 1.54 bits per heavy atom. The minimum atomic E-state index is -1.38. The number of hydrogen-bond acceptors (Lipinski definition) is 15. The number of hydrogen-bond donors (Lipinski definition) is 5. The van der Waals surface area contributed by atoms with Crippen molar-refractivity contribution >= 4 is 71.1 Å². The number of anilines is 1. The quantitative estimate of drug-likeness (QED) is 0.0134. The van der Waals surface area contributed by atoms with Gasteiger partial charge in [-0.25, -0.2) is 0 Å². The summed E-state index contributed by atoms with van der Waals surface area (Å²) < 4.78 is 16.1. The van der Waals surface area contributed by atoms with Crippen LogP contribution in [0.5, 0.6) is 0 Å². The number of unbranched alkanes of at least 4 members (excludes halogenated alkanes) is 2. The fraction of sp³-hybridized carbons (Fsp3) is 0.754. The second-order valence-electron chi connectivity index (χ2n) is 29.3. The van der Waals surface area contributed by atoms with Crippen LogP contribution in [-0.4, -0.2) is 133 Å². The van der Waals surface area contributed by atoms with Crippen LogP contribution in [0.25, 0.3) is 0 Å². The van der Waals surface area contributed by atoms with Crippen LogP contribution in [0.2, 0.25) is 0 Å². The molecule has 2 fully saturated rings. The molecule has 21 heteroatoms. The summed E-state index contributed by atoms with van der Waals surface area (Å²) in [7, 11) is 3.77. The average Bonchev–Trinajstić information content (AvgIpc) is 3.19. The molecule has 10 unspecified atom stereocenters. The molecule has 0 saturated carbocycles. The third-order valence-corrected chi connectivity index (χ3v) is 19.7. The number of cyclic esters (lactones) is 2. The average molecular weight is 1270 g/mol. The lowest BCUT2D eigenvalue weighted by Crippen LogP contribution is -2.47. The van der Waals surface area contributed by atoms with Gasteiger partial charge in [0.25, 0.3) is 5.91 Å². The highest BCUT2D eigenvalue weighted by atomic mass is 16.6. The number of ether oxygens (including phenoxy) is 3. The maximum absolute atomic E-state index is 14.7. The predicted octanol–water partition coefficient (Wildman–Crippen LogP) is 10.6. The fourth-order valence-electron chi connectivity index (χ4n) is 13.5. The predicted molar refractivity (Wildman–Crippen MR) is 340 cm³/mol. The summed E-state index contributed by atoms with van der Waals surface area (Å²) in [5.41, 5.74) is -3.32. The lowest BCUT2D eigenvalue weighted by molar-refractivity contribution is -0.164. The summed E-state index contributed by atoms with van der Waals surface area (Å²) in [6.45, 7) is 27.2. The summed E-state index contributed by atoms with van der Waals surface area (Å²) in [6.07, 6.45) is 3.90. The van der Waals surface area contributed by atoms with Crippen LogP contribution < -0.4 is 15.5 Å². The Kier molecular flexibility index (Phi) is 29.2. The van der Waals surface area contributed by atoms with Gasteiger partial charge in [-0.2, -0.15) is 0 Å². The molecule has 2 heterocycles. The Morgan fingerprint density at radius 1 is 0.589 bits per heavy atom. The first-order valence-electron chi connectivity index (χ1n) is 32.7. The number of nitrogens with one attached hydrogen (secondary N) is 2. The van der Waals surface area contributed by atoms with E-state index in [1.54, 1.807) is 53.7 Å². The first-order chi connectivity index (χ1) is 41.8. The molecule has 5 N–H and O–H groups in total. The molecular weight excluding hydrogens is 1160 g/mol. The Bertz CT molecular complexity index is 2660. The van der Waals surface area contributed by atoms with Crippen molar-refractivity contribution in [2.24, 2.45) is 86.3 Å². The highest BCUT2D eigenvalue weighted by molar-refractivity contribution is 6.05. The van der Waals surface area contributed by atoms with Crippen molar-refractivity contribution in [1.82, 2.24) is 15.5 Å². The normalized spacial score (nSPS) is 19.5. The minimum Gasteiger partial charge on any atom is -0.481 e. The van der Waals surface area contributed by atoms with Gasteiger partial charge in [-0.1, -0.05) is 116 Å². The molecule has 0 aliphatic carbocycles. The van der Waals surface area contributed by atoms with E-state index < -0.39 is 134 Å². The lowest BCUT2D eigenvalue weighted by Gasteiger charge is -2.41. The van der Waals surface area contributed by atoms with Gasteiger partial charge >= 0.3 is 41.8 Å². The summed E-state index contributed by atoms with van der Waals surface area (Å²) in [5.74, 6) is -18.8. The number of carboxylic acids is 3. The minimum absolute atomic E-state index is 0.0102. The number of imide groups is 1. The number of esters is 4. The Balaban J connectivity index is 1.95. The molecular formula is C69H110N4O17. The van der Waals surface area contributed by atoms with Gasteiger partial charge in [0.15, 0.2) is 0 Å². The third-order valence-electron chi connectivity index (χ3n) is 19.7. The van der Waals surface area contributed by atoms with E-state index in [-0.39, 0.29) is 115 Å². The van der Waals surface area contributed by atoms with E-state index >= 15 is 0 Å². The number of amides is 4. The van der Waals surface area contributed by atoms with E-state index in [4.69, 9.17) is 14.2 Å². The molecule has 2 aliphatic rings. The summed E-state index contributed by atoms with van der Waals surface area (Å²) in [6, 6.07) is 6.99. The SMILES string of the molecule is CCCCNC(=O)C(C(CCC(C)(C)C(C(=O)OCC)C(CCC(C)(C)CC1C(=O)OC(=O)C1C)C(=O)O)C(=O)O)C(C)(C)CCC1C(=O)N(CCCC)C(=O)C1CC(C)(C)CCC(C(=O)O)C(C(=O)OCCNC(=O)c1ccc(N(C)C)cc1)C(C)(C)CC. The summed E-state index contributed by atoms with van der Waals surface area (Å²) in [5, 5.41) is 38.6. The number of benzene rings is 1. The van der Waals surface area contributed by atoms with Crippen molar-refractivity contribution in [3.8, 4) is 0 Å². The number of likely N-dealkylation sites (tertiary alicyclic amines) is 1. The van der Waals surface area contributed by atoms with Crippen molar-refractivity contribution in [3.63, 3.8) is 0 Å². The van der Waals surface area contributed by atoms with Gasteiger partial charge in [0, 0.05) is 38.4 Å². The molecule has 0 aromatic heterocycles. The van der Waals surface area contributed by atoms with E-state index in [1.807, 2.05) is 93.4 Å². The maximum atomic E-state index is 14.7. The van der Waals surface area contributed by atoms with Crippen LogP contribution in [0.15, 0.2) is 24.3 Å². The van der Waals surface area contributed by atoms with E-state index in [2.05, 4.69) is 10.6 Å². The molecule has 2 saturated heterocycles. The second-order valence-corrected chi connectivity index (χ2v) is 29.3. The first-order valence-corrected chi connectivity index (χ1v) is 32.7. The monoisotopic (exact) mass is 1270 g/mol. The number of nitrogens with zero attached hydrogens (tertiary/aromatic N) is 2. The molecule has 1 aromatic rings. The fourth-order valence-corrected chi connectivity index (χ4v) is 13.5. The molecule has 0 bridgehead atoms. The number of rotatable bonds is 41. The second kappa shape index (κ2) is 33.8. The van der Waals surface area contributed by atoms with Gasteiger partial charge in [-0.05, 0) is 135 Å². The van der Waals surface area contributed by atoms with Crippen molar-refractivity contribution in [2.45, 2.75) is 200 Å². The van der Waals surface area contributed by atoms with Crippen LogP contribution in [0.4, 0.5) is 5.69 Å². The van der Waals surface area contributed by atoms with Crippen molar-refractivity contribution in [2.75, 3.05) is 51.8 Å². The molecule has 2 aliphatic heterocycles. The molecule has 4 amide bonds. The standard InChI is InChI=1S/C69H110N4O17/c1-18-22-36-70-55(75)51(46(58(78)79)31-35-69(14,15)53(63(86)88-21-4)48(60(82)83)29-32-65(6,7)40-49-42(5)61(84)90-62(49)85)68(12,13)34-30-45-50(57(77)73(56(45)76)38-23-19-2)41-66(8,9)33-28-47(59(80)81)52(67(10,11)20-3)64(87)89-39-37-71-54(74)43-24-26-44(27-25-43)72(16)17/h24-27,42,45-53H,18-23,28-41H2,1-17H3,(H,70,75)(H,71,74)(H,78,79)(H,80,81)(H,82,83). The molecule has 508 valence electrons. The van der Waals surface area contributed by atoms with E-state index in [0.29, 0.717) is 31.2 Å². The van der Waals surface area contributed by atoms with Crippen LogP contribution in [0.3, 0.4) is 0 Å². The van der Waals surface area contributed by atoms with Gasteiger partial charge < -0.3 is 45.1 Å². The Morgan fingerprint density at radius 2 is 1.07 bits per heavy atom. The molecule has 0 radical (unpaired) electrons. The third kappa shape index (κ3) is 21.3. The zero-order chi connectivity index (χ0) is 68.4. The topological polar surface area (TPSA) is 307 Å². The van der Waals surface area contributed by atoms with E-state index in [0.717, 1.165) is 12.1 Å². The zero-order valence-corrected chi connectivity index (χ0v) is 57.2. The van der Waals surface area contributed by atoms with E-state index in [9.17, 15) is 68.1 Å². The smallest absolute Gasteiger partial charge is 0.317 e. The Labute approximate surface area is 535 Å². The highest BCUT2D eigenvalue weighted by Crippen LogP contribution is 2.49. The molecule has 0 spiro atoms. The molecule has 3 rings (SSSR count). The van der Waals surface area contributed by atoms with Crippen molar-refractivity contribution < 1.29 is 82.3 Å². The van der Waals surface area contributed by atoms with Crippen LogP contribution in [0.1, 0.15) is 211 Å². The van der Waals surface area contributed by atoms with Crippen LogP contribution >= 0.6 is 0 Å². The molecule has 21 nitrogen and oxygen atoms in total. The van der Waals surface area contributed by atoms with Gasteiger partial charge in [-0.3, -0.25) is 57.6 Å². The van der Waals surface area contributed by atoms with Gasteiger partial charge in [0.2, 0.25) is 17.7 Å². The summed E-state index contributed by atoms with van der Waals surface area (Å²) in [4.78, 5) is 153. The number of carbonyl (C=O) groups is 11. The number of carbonyl (C=O) groups excluding carboxylic acids is 8. The van der Waals surface area contributed by atoms with Gasteiger partial charge in [-0.15, -0.1) is 0 Å².